The van der Waals surface area contributed by atoms with Crippen LogP contribution in [0.2, 0.25) is 0 Å². The second-order valence-electron chi connectivity index (χ2n) is 6.11. The third-order valence-electron chi connectivity index (χ3n) is 4.00. The van der Waals surface area contributed by atoms with Crippen LogP contribution in [0.5, 0.6) is 0 Å². The van der Waals surface area contributed by atoms with Crippen LogP contribution in [-0.4, -0.2) is 29.7 Å². The molecule has 0 aromatic carbocycles. The standard InChI is InChI=1S/C17H23NOS/c19-9-2-1-3-16-8-10-20-17(16)13-18(11-14-4-5-14)12-15-6-7-15/h8,10,14-15,19H,2,4-7,9,11-13H2. The summed E-state index contributed by atoms with van der Waals surface area (Å²) in [5.41, 5.74) is 1.17. The molecule has 2 nitrogen and oxygen atoms in total. The van der Waals surface area contributed by atoms with Gasteiger partial charge in [0.1, 0.15) is 0 Å². The molecule has 1 aromatic heterocycles. The molecule has 3 heteroatoms. The monoisotopic (exact) mass is 289 g/mol. The quantitative estimate of drug-likeness (QED) is 0.780. The first-order chi connectivity index (χ1) is 9.85. The van der Waals surface area contributed by atoms with Gasteiger partial charge < -0.3 is 5.11 Å². The van der Waals surface area contributed by atoms with Gasteiger partial charge >= 0.3 is 0 Å². The van der Waals surface area contributed by atoms with Gasteiger partial charge in [-0.2, -0.15) is 0 Å². The minimum absolute atomic E-state index is 0.155. The van der Waals surface area contributed by atoms with Crippen LogP contribution in [0.1, 0.15) is 42.5 Å². The fourth-order valence-corrected chi connectivity index (χ4v) is 3.40. The molecule has 2 saturated carbocycles. The van der Waals surface area contributed by atoms with E-state index in [1.54, 1.807) is 0 Å². The van der Waals surface area contributed by atoms with Crippen molar-refractivity contribution in [3.8, 4) is 11.8 Å². The van der Waals surface area contributed by atoms with E-state index >= 15 is 0 Å². The summed E-state index contributed by atoms with van der Waals surface area (Å²) in [6, 6.07) is 2.12. The van der Waals surface area contributed by atoms with Gasteiger partial charge in [0.25, 0.3) is 0 Å². The van der Waals surface area contributed by atoms with Crippen LogP contribution >= 0.6 is 11.3 Å². The molecule has 20 heavy (non-hydrogen) atoms. The second-order valence-corrected chi connectivity index (χ2v) is 7.11. The summed E-state index contributed by atoms with van der Waals surface area (Å²) in [5.74, 6) is 8.17. The zero-order valence-electron chi connectivity index (χ0n) is 12.0. The average molecular weight is 289 g/mol. The molecular formula is C17H23NOS. The molecule has 0 atom stereocenters. The normalized spacial score (nSPS) is 18.1. The van der Waals surface area contributed by atoms with Crippen molar-refractivity contribution < 1.29 is 5.11 Å². The summed E-state index contributed by atoms with van der Waals surface area (Å²) in [7, 11) is 0. The number of nitrogens with zero attached hydrogens (tertiary/aromatic N) is 1. The highest BCUT2D eigenvalue weighted by atomic mass is 32.1. The summed E-state index contributed by atoms with van der Waals surface area (Å²) in [6.07, 6.45) is 6.27. The number of thiophene rings is 1. The maximum Gasteiger partial charge on any atom is 0.0540 e. The summed E-state index contributed by atoms with van der Waals surface area (Å²) < 4.78 is 0. The van der Waals surface area contributed by atoms with Crippen LogP contribution in [0.25, 0.3) is 0 Å². The van der Waals surface area contributed by atoms with Gasteiger partial charge in [-0.15, -0.1) is 11.3 Å². The molecule has 0 aliphatic heterocycles. The van der Waals surface area contributed by atoms with Crippen LogP contribution in [0, 0.1) is 23.7 Å². The first kappa shape index (κ1) is 14.1. The van der Waals surface area contributed by atoms with E-state index in [-0.39, 0.29) is 6.61 Å². The molecule has 0 saturated heterocycles. The Balaban J connectivity index is 1.61. The number of hydrogen-bond donors (Lipinski definition) is 1. The van der Waals surface area contributed by atoms with Gasteiger partial charge in [-0.3, -0.25) is 4.90 Å². The molecular weight excluding hydrogens is 266 g/mol. The topological polar surface area (TPSA) is 23.5 Å². The molecule has 1 heterocycles. The van der Waals surface area contributed by atoms with Crippen LogP contribution in [0.3, 0.4) is 0 Å². The summed E-state index contributed by atoms with van der Waals surface area (Å²) in [5, 5.41) is 11.0. The van der Waals surface area contributed by atoms with Gasteiger partial charge in [0, 0.05) is 36.5 Å². The van der Waals surface area contributed by atoms with Crippen molar-refractivity contribution in [2.45, 2.75) is 38.6 Å². The van der Waals surface area contributed by atoms with Crippen LogP contribution in [-0.2, 0) is 6.54 Å². The van der Waals surface area contributed by atoms with Crippen molar-refractivity contribution in [1.29, 1.82) is 0 Å². The number of hydrogen-bond acceptors (Lipinski definition) is 3. The van der Waals surface area contributed by atoms with E-state index in [2.05, 4.69) is 28.2 Å². The van der Waals surface area contributed by atoms with Crippen LogP contribution in [0.4, 0.5) is 0 Å². The Morgan fingerprint density at radius 3 is 2.50 bits per heavy atom. The van der Waals surface area contributed by atoms with E-state index < -0.39 is 0 Å². The van der Waals surface area contributed by atoms with E-state index in [0.717, 1.165) is 18.4 Å². The van der Waals surface area contributed by atoms with Gasteiger partial charge in [0.2, 0.25) is 0 Å². The number of aliphatic hydroxyl groups excluding tert-OH is 1. The summed E-state index contributed by atoms with van der Waals surface area (Å²) >= 11 is 1.82. The smallest absolute Gasteiger partial charge is 0.0540 e. The maximum absolute atomic E-state index is 8.81. The Hall–Kier alpha value is -0.820. The lowest BCUT2D eigenvalue weighted by Gasteiger charge is -2.21. The van der Waals surface area contributed by atoms with E-state index in [0.29, 0.717) is 6.42 Å². The summed E-state index contributed by atoms with van der Waals surface area (Å²) in [4.78, 5) is 4.05. The van der Waals surface area contributed by atoms with Crippen molar-refractivity contribution in [2.24, 2.45) is 11.8 Å². The molecule has 1 aromatic rings. The van der Waals surface area contributed by atoms with Gasteiger partial charge in [0.05, 0.1) is 6.61 Å². The van der Waals surface area contributed by atoms with Crippen molar-refractivity contribution in [1.82, 2.24) is 4.90 Å². The molecule has 108 valence electrons. The van der Waals surface area contributed by atoms with E-state index in [1.165, 1.54) is 49.2 Å². The third-order valence-corrected chi connectivity index (χ3v) is 4.90. The highest BCUT2D eigenvalue weighted by molar-refractivity contribution is 7.10. The Kier molecular flexibility index (Phi) is 4.77. The lowest BCUT2D eigenvalue weighted by molar-refractivity contribution is 0.246. The van der Waals surface area contributed by atoms with Gasteiger partial charge in [-0.05, 0) is 49.0 Å². The second kappa shape index (κ2) is 6.76. The predicted molar refractivity (Wildman–Crippen MR) is 83.6 cm³/mol. The van der Waals surface area contributed by atoms with Crippen molar-refractivity contribution in [3.05, 3.63) is 21.9 Å². The molecule has 0 amide bonds. The molecule has 0 bridgehead atoms. The molecule has 0 spiro atoms. The largest absolute Gasteiger partial charge is 0.395 e. The van der Waals surface area contributed by atoms with E-state index in [1.807, 2.05) is 11.3 Å². The minimum Gasteiger partial charge on any atom is -0.395 e. The summed E-state index contributed by atoms with van der Waals surface area (Å²) in [6.45, 7) is 3.77. The van der Waals surface area contributed by atoms with Crippen molar-refractivity contribution in [3.63, 3.8) is 0 Å². The van der Waals surface area contributed by atoms with E-state index in [4.69, 9.17) is 5.11 Å². The van der Waals surface area contributed by atoms with Crippen LogP contribution in [0.15, 0.2) is 11.4 Å². The lowest BCUT2D eigenvalue weighted by atomic mass is 10.2. The lowest BCUT2D eigenvalue weighted by Crippen LogP contribution is -2.27. The van der Waals surface area contributed by atoms with Gasteiger partial charge in [0.15, 0.2) is 0 Å². The SMILES string of the molecule is OCCC#Cc1ccsc1CN(CC1CC1)CC1CC1. The average Bonchev–Trinajstić information content (AvgIpc) is 3.34. The molecule has 2 fully saturated rings. The molecule has 3 rings (SSSR count). The fourth-order valence-electron chi connectivity index (χ4n) is 2.53. The maximum atomic E-state index is 8.81. The molecule has 2 aliphatic carbocycles. The Morgan fingerprint density at radius 1 is 1.20 bits per heavy atom. The fraction of sp³-hybridized carbons (Fsp3) is 0.647. The predicted octanol–water partition coefficient (Wildman–Crippen LogP) is 3.10. The first-order valence-electron chi connectivity index (χ1n) is 7.73. The zero-order valence-corrected chi connectivity index (χ0v) is 12.8. The zero-order chi connectivity index (χ0) is 13.8. The Bertz CT molecular complexity index is 477. The van der Waals surface area contributed by atoms with Crippen molar-refractivity contribution >= 4 is 11.3 Å². The van der Waals surface area contributed by atoms with Gasteiger partial charge in [-0.25, -0.2) is 0 Å². The molecule has 2 aliphatic rings. The molecule has 0 unspecified atom stereocenters. The first-order valence-corrected chi connectivity index (χ1v) is 8.61. The Morgan fingerprint density at radius 2 is 1.90 bits per heavy atom. The molecule has 1 N–H and O–H groups in total. The van der Waals surface area contributed by atoms with Crippen LogP contribution < -0.4 is 0 Å². The highest BCUT2D eigenvalue weighted by Crippen LogP contribution is 2.34. The Labute approximate surface area is 125 Å². The third kappa shape index (κ3) is 4.34. The molecule has 0 radical (unpaired) electrons. The number of aliphatic hydroxyl groups is 1. The van der Waals surface area contributed by atoms with Gasteiger partial charge in [-0.1, -0.05) is 11.8 Å². The van der Waals surface area contributed by atoms with E-state index in [9.17, 15) is 0 Å². The highest BCUT2D eigenvalue weighted by Gasteiger charge is 2.29. The minimum atomic E-state index is 0.155. The number of rotatable bonds is 7. The van der Waals surface area contributed by atoms with Crippen molar-refractivity contribution in [2.75, 3.05) is 19.7 Å².